The number of hydrogen-bond donors (Lipinski definition) is 0. The number of methoxy groups -OCH3 is 1. The number of rotatable bonds is 4. The Morgan fingerprint density at radius 2 is 2.33 bits per heavy atom. The summed E-state index contributed by atoms with van der Waals surface area (Å²) >= 11 is 12.6. The number of alkyl halides is 1. The van der Waals surface area contributed by atoms with Gasteiger partial charge in [0.25, 0.3) is 0 Å². The molecule has 0 bridgehead atoms. The smallest absolute Gasteiger partial charge is 0.127 e. The minimum Gasteiger partial charge on any atom is -0.378 e. The second kappa shape index (κ2) is 5.76. The predicted octanol–water partition coefficient (Wildman–Crippen LogP) is 3.80. The van der Waals surface area contributed by atoms with Gasteiger partial charge in [0.2, 0.25) is 0 Å². The topological polar surface area (TPSA) is 36.3 Å². The van der Waals surface area contributed by atoms with E-state index in [0.717, 1.165) is 23.3 Å². The van der Waals surface area contributed by atoms with Crippen molar-refractivity contribution in [3.05, 3.63) is 29.0 Å². The number of para-hydroxylation sites is 1. The van der Waals surface area contributed by atoms with Crippen molar-refractivity contribution < 1.29 is 9.47 Å². The zero-order chi connectivity index (χ0) is 15.0. The molecule has 1 aliphatic heterocycles. The van der Waals surface area contributed by atoms with Crippen molar-refractivity contribution in [2.45, 2.75) is 30.9 Å². The Morgan fingerprint density at radius 1 is 1.52 bits per heavy atom. The Hall–Kier alpha value is -0.810. The van der Waals surface area contributed by atoms with Crippen LogP contribution in [0.5, 0.6) is 0 Å². The summed E-state index contributed by atoms with van der Waals surface area (Å²) in [6, 6.07) is 5.78. The lowest BCUT2D eigenvalue weighted by Crippen LogP contribution is -2.37. The minimum absolute atomic E-state index is 0.204. The van der Waals surface area contributed by atoms with Crippen molar-refractivity contribution in [2.75, 3.05) is 20.3 Å². The van der Waals surface area contributed by atoms with Gasteiger partial charge in [0, 0.05) is 20.1 Å². The van der Waals surface area contributed by atoms with Crippen LogP contribution in [-0.4, -0.2) is 35.5 Å². The van der Waals surface area contributed by atoms with E-state index in [0.29, 0.717) is 24.8 Å². The molecule has 2 heterocycles. The molecule has 0 N–H and O–H groups in total. The number of ether oxygens (including phenoxy) is 2. The molecular formula is C15H18Cl2N2O2. The average molecular weight is 329 g/mol. The van der Waals surface area contributed by atoms with Gasteiger partial charge in [-0.2, -0.15) is 0 Å². The zero-order valence-electron chi connectivity index (χ0n) is 12.1. The third-order valence-corrected chi connectivity index (χ3v) is 4.56. The Kier molecular flexibility index (Phi) is 4.14. The molecule has 114 valence electrons. The highest BCUT2D eigenvalue weighted by Crippen LogP contribution is 2.32. The second-order valence-corrected chi connectivity index (χ2v) is 6.53. The number of aromatic nitrogens is 2. The van der Waals surface area contributed by atoms with Crippen LogP contribution in [0.4, 0.5) is 0 Å². The Morgan fingerprint density at radius 3 is 2.95 bits per heavy atom. The minimum atomic E-state index is -0.323. The molecule has 0 amide bonds. The normalized spacial score (nSPS) is 23.8. The van der Waals surface area contributed by atoms with E-state index in [1.165, 1.54) is 0 Å². The van der Waals surface area contributed by atoms with Gasteiger partial charge in [0.15, 0.2) is 0 Å². The lowest BCUT2D eigenvalue weighted by atomic mass is 10.0. The van der Waals surface area contributed by atoms with E-state index in [1.54, 1.807) is 7.11 Å². The van der Waals surface area contributed by atoms with Crippen molar-refractivity contribution in [1.82, 2.24) is 9.55 Å². The summed E-state index contributed by atoms with van der Waals surface area (Å²) in [5, 5.41) is 0.434. The maximum atomic E-state index is 6.31. The van der Waals surface area contributed by atoms with Crippen LogP contribution in [0.25, 0.3) is 11.0 Å². The molecule has 0 spiro atoms. The third-order valence-electron chi connectivity index (χ3n) is 4.06. The number of nitrogens with zero attached hydrogens (tertiary/aromatic N) is 2. The van der Waals surface area contributed by atoms with E-state index in [2.05, 4.69) is 9.55 Å². The van der Waals surface area contributed by atoms with Gasteiger partial charge in [-0.25, -0.2) is 4.98 Å². The van der Waals surface area contributed by atoms with E-state index < -0.39 is 0 Å². The number of benzene rings is 1. The highest BCUT2D eigenvalue weighted by Gasteiger charge is 2.36. The van der Waals surface area contributed by atoms with E-state index in [-0.39, 0.29) is 11.0 Å². The van der Waals surface area contributed by atoms with Crippen LogP contribution in [0.2, 0.25) is 5.02 Å². The molecule has 1 aromatic carbocycles. The van der Waals surface area contributed by atoms with E-state index in [4.69, 9.17) is 32.7 Å². The fourth-order valence-corrected chi connectivity index (χ4v) is 3.21. The molecule has 2 atom stereocenters. The van der Waals surface area contributed by atoms with Gasteiger partial charge >= 0.3 is 0 Å². The zero-order valence-corrected chi connectivity index (χ0v) is 13.6. The Bertz CT molecular complexity index is 648. The van der Waals surface area contributed by atoms with Gasteiger partial charge in [-0.15, -0.1) is 11.6 Å². The molecule has 2 unspecified atom stereocenters. The van der Waals surface area contributed by atoms with Gasteiger partial charge in [0.05, 0.1) is 29.1 Å². The number of imidazole rings is 1. The molecule has 1 saturated heterocycles. The van der Waals surface area contributed by atoms with Gasteiger partial charge in [-0.05, 0) is 19.1 Å². The van der Waals surface area contributed by atoms with E-state index in [9.17, 15) is 0 Å². The van der Waals surface area contributed by atoms with Crippen molar-refractivity contribution in [1.29, 1.82) is 0 Å². The molecule has 21 heavy (non-hydrogen) atoms. The van der Waals surface area contributed by atoms with Gasteiger partial charge in [-0.1, -0.05) is 17.7 Å². The molecule has 1 aromatic heterocycles. The quantitative estimate of drug-likeness (QED) is 0.801. The van der Waals surface area contributed by atoms with Crippen LogP contribution in [0.3, 0.4) is 0 Å². The summed E-state index contributed by atoms with van der Waals surface area (Å²) in [6.45, 7) is 3.87. The summed E-state index contributed by atoms with van der Waals surface area (Å²) in [6.07, 6.45) is 0.861. The molecule has 2 aromatic rings. The molecule has 0 aliphatic carbocycles. The number of halogens is 2. The first kappa shape index (κ1) is 15.1. The standard InChI is InChI=1S/C15H18Cl2N2O2/c1-10(16)14-18-13-11(17)4-3-5-12(13)19(14)8-15(20-2)6-7-21-9-15/h3-5,10H,6-9H2,1-2H3. The summed E-state index contributed by atoms with van der Waals surface area (Å²) in [4.78, 5) is 4.62. The summed E-state index contributed by atoms with van der Waals surface area (Å²) < 4.78 is 13.4. The Labute approximate surface area is 133 Å². The van der Waals surface area contributed by atoms with Crippen molar-refractivity contribution in [3.8, 4) is 0 Å². The van der Waals surface area contributed by atoms with E-state index in [1.807, 2.05) is 25.1 Å². The van der Waals surface area contributed by atoms with Crippen molar-refractivity contribution in [3.63, 3.8) is 0 Å². The highest BCUT2D eigenvalue weighted by molar-refractivity contribution is 6.35. The molecule has 0 saturated carbocycles. The van der Waals surface area contributed by atoms with Gasteiger partial charge < -0.3 is 14.0 Å². The first-order chi connectivity index (χ1) is 10.1. The average Bonchev–Trinajstić information content (AvgIpc) is 3.06. The van der Waals surface area contributed by atoms with Crippen LogP contribution >= 0.6 is 23.2 Å². The summed E-state index contributed by atoms with van der Waals surface area (Å²) in [7, 11) is 1.73. The van der Waals surface area contributed by atoms with Crippen LogP contribution < -0.4 is 0 Å². The first-order valence-electron chi connectivity index (χ1n) is 6.98. The van der Waals surface area contributed by atoms with Crippen LogP contribution in [-0.2, 0) is 16.0 Å². The SMILES string of the molecule is COC1(Cn2c(C(C)Cl)nc3c(Cl)cccc32)CCOC1. The molecule has 1 aliphatic rings. The second-order valence-electron chi connectivity index (χ2n) is 5.47. The fraction of sp³-hybridized carbons (Fsp3) is 0.533. The van der Waals surface area contributed by atoms with Crippen molar-refractivity contribution in [2.24, 2.45) is 0 Å². The fourth-order valence-electron chi connectivity index (χ4n) is 2.83. The number of hydrogen-bond acceptors (Lipinski definition) is 3. The molecule has 3 rings (SSSR count). The highest BCUT2D eigenvalue weighted by atomic mass is 35.5. The van der Waals surface area contributed by atoms with E-state index >= 15 is 0 Å². The third kappa shape index (κ3) is 2.66. The molecule has 6 heteroatoms. The van der Waals surface area contributed by atoms with Gasteiger partial charge in [-0.3, -0.25) is 0 Å². The first-order valence-corrected chi connectivity index (χ1v) is 7.79. The molecular weight excluding hydrogens is 311 g/mol. The van der Waals surface area contributed by atoms with Crippen LogP contribution in [0, 0.1) is 0 Å². The molecule has 1 fully saturated rings. The monoisotopic (exact) mass is 328 g/mol. The lowest BCUT2D eigenvalue weighted by molar-refractivity contribution is -0.0292. The Balaban J connectivity index is 2.11. The van der Waals surface area contributed by atoms with Gasteiger partial charge in [0.1, 0.15) is 16.9 Å². The largest absolute Gasteiger partial charge is 0.378 e. The lowest BCUT2D eigenvalue weighted by Gasteiger charge is -2.27. The maximum Gasteiger partial charge on any atom is 0.127 e. The predicted molar refractivity (Wildman–Crippen MR) is 84.2 cm³/mol. The van der Waals surface area contributed by atoms with Crippen LogP contribution in [0.15, 0.2) is 18.2 Å². The summed E-state index contributed by atoms with van der Waals surface area (Å²) in [5.41, 5.74) is 1.44. The van der Waals surface area contributed by atoms with Crippen LogP contribution in [0.1, 0.15) is 24.5 Å². The summed E-state index contributed by atoms with van der Waals surface area (Å²) in [5.74, 6) is 0.808. The maximum absolute atomic E-state index is 6.31. The molecule has 4 nitrogen and oxygen atoms in total. The van der Waals surface area contributed by atoms with Crippen molar-refractivity contribution >= 4 is 34.2 Å². The molecule has 0 radical (unpaired) electrons. The number of fused-ring (bicyclic) bond motifs is 1.